The van der Waals surface area contributed by atoms with Crippen molar-refractivity contribution in [3.63, 3.8) is 0 Å². The van der Waals surface area contributed by atoms with Crippen LogP contribution in [0.5, 0.6) is 0 Å². The van der Waals surface area contributed by atoms with Crippen LogP contribution in [-0.2, 0) is 0 Å². The second-order valence-electron chi connectivity index (χ2n) is 3.81. The van der Waals surface area contributed by atoms with E-state index in [1.54, 1.807) is 0 Å². The van der Waals surface area contributed by atoms with E-state index >= 15 is 0 Å². The van der Waals surface area contributed by atoms with E-state index in [0.29, 0.717) is 0 Å². The topological polar surface area (TPSA) is 62.1 Å². The summed E-state index contributed by atoms with van der Waals surface area (Å²) in [4.78, 5) is 0. The van der Waals surface area contributed by atoms with Crippen LogP contribution in [0.25, 0.3) is 0 Å². The molecule has 0 heterocycles. The molecule has 0 aromatic heterocycles. The van der Waals surface area contributed by atoms with Gasteiger partial charge in [0.15, 0.2) is 0 Å². The molecule has 0 spiro atoms. The van der Waals surface area contributed by atoms with Gasteiger partial charge < -0.3 is 21.7 Å². The van der Waals surface area contributed by atoms with Crippen LogP contribution in [0.3, 0.4) is 0 Å². The molecule has 0 rings (SSSR count). The summed E-state index contributed by atoms with van der Waals surface area (Å²) < 4.78 is 0. The molecular formula is C11H28N4. The molecule has 4 heteroatoms. The van der Waals surface area contributed by atoms with Crippen LogP contribution in [0.2, 0.25) is 0 Å². The van der Waals surface area contributed by atoms with Crippen LogP contribution in [0.1, 0.15) is 25.7 Å². The SMILES string of the molecule is CNCCCNCCCCNCCCN. The van der Waals surface area contributed by atoms with Gasteiger partial charge >= 0.3 is 0 Å². The molecule has 4 nitrogen and oxygen atoms in total. The van der Waals surface area contributed by atoms with Gasteiger partial charge in [-0.3, -0.25) is 0 Å². The first-order valence-corrected chi connectivity index (χ1v) is 6.18. The highest BCUT2D eigenvalue weighted by Gasteiger charge is 1.89. The Balaban J connectivity index is 2.81. The predicted molar refractivity (Wildman–Crippen MR) is 67.2 cm³/mol. The Morgan fingerprint density at radius 2 is 1.27 bits per heavy atom. The molecule has 0 atom stereocenters. The van der Waals surface area contributed by atoms with Crippen molar-refractivity contribution >= 4 is 0 Å². The van der Waals surface area contributed by atoms with Gasteiger partial charge in [-0.1, -0.05) is 0 Å². The lowest BCUT2D eigenvalue weighted by molar-refractivity contribution is 0.564. The summed E-state index contributed by atoms with van der Waals surface area (Å²) in [6.45, 7) is 6.35. The molecular weight excluding hydrogens is 188 g/mol. The maximum absolute atomic E-state index is 5.39. The van der Waals surface area contributed by atoms with E-state index in [9.17, 15) is 0 Å². The molecule has 0 aliphatic heterocycles. The van der Waals surface area contributed by atoms with Crippen LogP contribution < -0.4 is 21.7 Å². The number of rotatable bonds is 12. The summed E-state index contributed by atoms with van der Waals surface area (Å²) in [5.74, 6) is 0. The molecule has 0 aromatic rings. The Bertz CT molecular complexity index is 96.8. The molecule has 5 N–H and O–H groups in total. The third-order valence-electron chi connectivity index (χ3n) is 2.30. The molecule has 0 radical (unpaired) electrons. The molecule has 0 unspecified atom stereocenters. The smallest absolute Gasteiger partial charge is 0.00368 e. The van der Waals surface area contributed by atoms with E-state index in [1.165, 1.54) is 19.3 Å². The largest absolute Gasteiger partial charge is 0.330 e. The summed E-state index contributed by atoms with van der Waals surface area (Å²) in [6.07, 6.45) is 4.81. The molecule has 0 saturated heterocycles. The minimum absolute atomic E-state index is 0.792. The van der Waals surface area contributed by atoms with Gasteiger partial charge in [-0.25, -0.2) is 0 Å². The van der Waals surface area contributed by atoms with Gasteiger partial charge in [0, 0.05) is 0 Å². The summed E-state index contributed by atoms with van der Waals surface area (Å²) in [7, 11) is 1.99. The van der Waals surface area contributed by atoms with Gasteiger partial charge in [0.1, 0.15) is 0 Å². The van der Waals surface area contributed by atoms with E-state index in [0.717, 1.165) is 45.7 Å². The van der Waals surface area contributed by atoms with E-state index in [1.807, 2.05) is 7.05 Å². The second kappa shape index (κ2) is 13.8. The molecule has 0 fully saturated rings. The fraction of sp³-hybridized carbons (Fsp3) is 1.00. The molecule has 15 heavy (non-hydrogen) atoms. The zero-order chi connectivity index (χ0) is 11.2. The van der Waals surface area contributed by atoms with Crippen molar-refractivity contribution in [3.8, 4) is 0 Å². The maximum Gasteiger partial charge on any atom is -0.00368 e. The van der Waals surface area contributed by atoms with Crippen LogP contribution >= 0.6 is 0 Å². The third kappa shape index (κ3) is 13.8. The van der Waals surface area contributed by atoms with Crippen LogP contribution in [0, 0.1) is 0 Å². The average molecular weight is 216 g/mol. The maximum atomic E-state index is 5.39. The molecule has 0 saturated carbocycles. The van der Waals surface area contributed by atoms with Gasteiger partial charge in [-0.05, 0) is 72.0 Å². The van der Waals surface area contributed by atoms with Gasteiger partial charge in [0.05, 0.1) is 0 Å². The van der Waals surface area contributed by atoms with Crippen molar-refractivity contribution in [2.45, 2.75) is 25.7 Å². The first-order chi connectivity index (χ1) is 7.41. The average Bonchev–Trinajstić information content (AvgIpc) is 2.26. The van der Waals surface area contributed by atoms with Crippen LogP contribution in [0.15, 0.2) is 0 Å². The zero-order valence-electron chi connectivity index (χ0n) is 10.1. The molecule has 92 valence electrons. The van der Waals surface area contributed by atoms with Gasteiger partial charge in [-0.2, -0.15) is 0 Å². The number of nitrogens with one attached hydrogen (secondary N) is 3. The Hall–Kier alpha value is -0.160. The molecule has 0 aliphatic rings. The quantitative estimate of drug-likeness (QED) is 0.344. The normalized spacial score (nSPS) is 10.8. The predicted octanol–water partition coefficient (Wildman–Crippen LogP) is -0.0959. The van der Waals surface area contributed by atoms with E-state index in [2.05, 4.69) is 16.0 Å². The van der Waals surface area contributed by atoms with Crippen molar-refractivity contribution < 1.29 is 0 Å². The summed E-state index contributed by atoms with van der Waals surface area (Å²) in [6, 6.07) is 0. The lowest BCUT2D eigenvalue weighted by atomic mass is 10.3. The molecule has 0 bridgehead atoms. The fourth-order valence-electron chi connectivity index (χ4n) is 1.37. The Morgan fingerprint density at radius 1 is 0.733 bits per heavy atom. The Labute approximate surface area is 94.4 Å². The lowest BCUT2D eigenvalue weighted by Gasteiger charge is -2.05. The van der Waals surface area contributed by atoms with E-state index in [4.69, 9.17) is 5.73 Å². The highest BCUT2D eigenvalue weighted by atomic mass is 14.9. The van der Waals surface area contributed by atoms with Crippen molar-refractivity contribution in [3.05, 3.63) is 0 Å². The molecule has 0 aliphatic carbocycles. The highest BCUT2D eigenvalue weighted by Crippen LogP contribution is 1.85. The molecule has 0 aromatic carbocycles. The Kier molecular flexibility index (Phi) is 13.7. The van der Waals surface area contributed by atoms with Crippen LogP contribution in [0.4, 0.5) is 0 Å². The number of hydrogen-bond donors (Lipinski definition) is 4. The van der Waals surface area contributed by atoms with E-state index < -0.39 is 0 Å². The van der Waals surface area contributed by atoms with Crippen LogP contribution in [-0.4, -0.2) is 46.3 Å². The van der Waals surface area contributed by atoms with Crippen molar-refractivity contribution in [1.82, 2.24) is 16.0 Å². The zero-order valence-corrected chi connectivity index (χ0v) is 10.1. The Morgan fingerprint density at radius 3 is 1.80 bits per heavy atom. The third-order valence-corrected chi connectivity index (χ3v) is 2.30. The van der Waals surface area contributed by atoms with Crippen molar-refractivity contribution in [1.29, 1.82) is 0 Å². The highest BCUT2D eigenvalue weighted by molar-refractivity contribution is 4.53. The number of hydrogen-bond acceptors (Lipinski definition) is 4. The first kappa shape index (κ1) is 14.8. The summed E-state index contributed by atoms with van der Waals surface area (Å²) in [5.41, 5.74) is 5.39. The summed E-state index contributed by atoms with van der Waals surface area (Å²) >= 11 is 0. The van der Waals surface area contributed by atoms with Gasteiger partial charge in [-0.15, -0.1) is 0 Å². The van der Waals surface area contributed by atoms with Crippen molar-refractivity contribution in [2.75, 3.05) is 46.3 Å². The summed E-state index contributed by atoms with van der Waals surface area (Å²) in [5, 5.41) is 9.95. The minimum atomic E-state index is 0.792. The van der Waals surface area contributed by atoms with Gasteiger partial charge in [0.25, 0.3) is 0 Å². The first-order valence-electron chi connectivity index (χ1n) is 6.18. The van der Waals surface area contributed by atoms with Crippen molar-refractivity contribution in [2.24, 2.45) is 5.73 Å². The fourth-order valence-corrected chi connectivity index (χ4v) is 1.37. The molecule has 0 amide bonds. The second-order valence-corrected chi connectivity index (χ2v) is 3.81. The number of nitrogens with two attached hydrogens (primary N) is 1. The minimum Gasteiger partial charge on any atom is -0.330 e. The van der Waals surface area contributed by atoms with Gasteiger partial charge in [0.2, 0.25) is 0 Å². The number of unbranched alkanes of at least 4 members (excludes halogenated alkanes) is 1. The lowest BCUT2D eigenvalue weighted by Crippen LogP contribution is -2.23. The monoisotopic (exact) mass is 216 g/mol. The standard InChI is InChI=1S/C11H28N4/c1-13-7-5-11-15-9-3-2-8-14-10-4-6-12/h13-15H,2-12H2,1H3. The van der Waals surface area contributed by atoms with E-state index in [-0.39, 0.29) is 0 Å².